The van der Waals surface area contributed by atoms with E-state index in [9.17, 15) is 0 Å². The highest BCUT2D eigenvalue weighted by Gasteiger charge is 1.94. The van der Waals surface area contributed by atoms with Crippen molar-refractivity contribution in [3.63, 3.8) is 0 Å². The number of rotatable bonds is 0. The molecular formula is C11H9N. The highest BCUT2D eigenvalue weighted by atomic mass is 14.6. The molecule has 1 aliphatic carbocycles. The maximum atomic E-state index is 4.06. The van der Waals surface area contributed by atoms with Crippen molar-refractivity contribution in [2.45, 2.75) is 0 Å². The lowest BCUT2D eigenvalue weighted by Crippen LogP contribution is -1.82. The fraction of sp³-hybridized carbons (Fsp3) is 0. The van der Waals surface area contributed by atoms with Crippen LogP contribution in [0.1, 0.15) is 11.1 Å². The standard InChI is InChI=1S/C11H9N/c1-2-4-6-11-9-12-8-7-10(11)5-3-1/h1-9H/b2-1?,3-1?,4-2?,5-3?,6-4-,10-5?,11-6?. The Bertz CT molecular complexity index is 324. The minimum absolute atomic E-state index is 1.16. The van der Waals surface area contributed by atoms with E-state index in [1.54, 1.807) is 0 Å². The van der Waals surface area contributed by atoms with Gasteiger partial charge in [-0.1, -0.05) is 36.5 Å². The lowest BCUT2D eigenvalue weighted by Gasteiger charge is -1.99. The lowest BCUT2D eigenvalue weighted by atomic mass is 10.1. The van der Waals surface area contributed by atoms with E-state index in [0.717, 1.165) is 5.56 Å². The van der Waals surface area contributed by atoms with Crippen molar-refractivity contribution in [2.24, 2.45) is 0 Å². The van der Waals surface area contributed by atoms with Crippen molar-refractivity contribution in [3.8, 4) is 0 Å². The molecule has 0 N–H and O–H groups in total. The quantitative estimate of drug-likeness (QED) is 0.561. The highest BCUT2D eigenvalue weighted by Crippen LogP contribution is 2.12. The molecule has 0 unspecified atom stereocenters. The molecule has 1 aliphatic rings. The summed E-state index contributed by atoms with van der Waals surface area (Å²) in [5.74, 6) is 0. The average Bonchev–Trinajstić information content (AvgIpc) is 2.06. The Morgan fingerprint density at radius 3 is 2.42 bits per heavy atom. The largest absolute Gasteiger partial charge is 0.264 e. The van der Waals surface area contributed by atoms with E-state index in [1.165, 1.54) is 5.56 Å². The fourth-order valence-electron chi connectivity index (χ4n) is 1.16. The summed E-state index contributed by atoms with van der Waals surface area (Å²) >= 11 is 0. The highest BCUT2D eigenvalue weighted by molar-refractivity contribution is 5.66. The van der Waals surface area contributed by atoms with Gasteiger partial charge in [0.2, 0.25) is 0 Å². The molecule has 1 nitrogen and oxygen atoms in total. The Kier molecular flexibility index (Phi) is 1.87. The Morgan fingerprint density at radius 2 is 1.58 bits per heavy atom. The number of pyridine rings is 1. The van der Waals surface area contributed by atoms with Crippen LogP contribution >= 0.6 is 0 Å². The molecule has 0 aromatic carbocycles. The van der Waals surface area contributed by atoms with Crippen molar-refractivity contribution in [1.29, 1.82) is 0 Å². The van der Waals surface area contributed by atoms with Gasteiger partial charge in [0.1, 0.15) is 0 Å². The minimum Gasteiger partial charge on any atom is -0.264 e. The molecule has 0 spiro atoms. The summed E-state index contributed by atoms with van der Waals surface area (Å²) in [5, 5.41) is 0. The molecule has 0 radical (unpaired) electrons. The third-order valence-electron chi connectivity index (χ3n) is 1.77. The topological polar surface area (TPSA) is 12.9 Å². The van der Waals surface area contributed by atoms with Crippen LogP contribution in [0.2, 0.25) is 0 Å². The molecule has 2 rings (SSSR count). The lowest BCUT2D eigenvalue weighted by molar-refractivity contribution is 1.31. The fourth-order valence-corrected chi connectivity index (χ4v) is 1.16. The van der Waals surface area contributed by atoms with Gasteiger partial charge in [0.25, 0.3) is 0 Å². The van der Waals surface area contributed by atoms with Crippen LogP contribution in [0.3, 0.4) is 0 Å². The second kappa shape index (κ2) is 3.18. The number of hydrogen-bond acceptors (Lipinski definition) is 1. The first-order valence-electron chi connectivity index (χ1n) is 3.92. The summed E-state index contributed by atoms with van der Waals surface area (Å²) in [4.78, 5) is 4.06. The van der Waals surface area contributed by atoms with E-state index in [0.29, 0.717) is 0 Å². The van der Waals surface area contributed by atoms with Crippen LogP contribution in [-0.2, 0) is 0 Å². The van der Waals surface area contributed by atoms with Crippen molar-refractivity contribution in [1.82, 2.24) is 4.98 Å². The molecule has 12 heavy (non-hydrogen) atoms. The summed E-state index contributed by atoms with van der Waals surface area (Å²) in [5.41, 5.74) is 2.38. The maximum Gasteiger partial charge on any atom is 0.0346 e. The molecule has 1 heterocycles. The van der Waals surface area contributed by atoms with Crippen LogP contribution in [-0.4, -0.2) is 4.98 Å². The molecule has 0 bridgehead atoms. The first kappa shape index (κ1) is 7.04. The van der Waals surface area contributed by atoms with Gasteiger partial charge in [-0.05, 0) is 17.2 Å². The van der Waals surface area contributed by atoms with Gasteiger partial charge < -0.3 is 0 Å². The van der Waals surface area contributed by atoms with E-state index in [-0.39, 0.29) is 0 Å². The van der Waals surface area contributed by atoms with Gasteiger partial charge >= 0.3 is 0 Å². The zero-order valence-electron chi connectivity index (χ0n) is 6.64. The van der Waals surface area contributed by atoms with E-state index in [4.69, 9.17) is 0 Å². The van der Waals surface area contributed by atoms with Crippen molar-refractivity contribution in [2.75, 3.05) is 0 Å². The van der Waals surface area contributed by atoms with Crippen LogP contribution in [0.25, 0.3) is 12.2 Å². The Hall–Kier alpha value is -1.63. The van der Waals surface area contributed by atoms with Gasteiger partial charge in [-0.25, -0.2) is 0 Å². The van der Waals surface area contributed by atoms with E-state index in [1.807, 2.05) is 42.8 Å². The Labute approximate surface area is 71.8 Å². The molecule has 1 heteroatoms. The van der Waals surface area contributed by atoms with E-state index < -0.39 is 0 Å². The predicted molar refractivity (Wildman–Crippen MR) is 51.4 cm³/mol. The van der Waals surface area contributed by atoms with E-state index >= 15 is 0 Å². The summed E-state index contributed by atoms with van der Waals surface area (Å²) in [7, 11) is 0. The zero-order chi connectivity index (χ0) is 8.23. The SMILES string of the molecule is C1=C/C=C\c2cnccc2C=C1. The Morgan fingerprint density at radius 1 is 0.833 bits per heavy atom. The molecule has 0 aliphatic heterocycles. The molecule has 1 aromatic rings. The van der Waals surface area contributed by atoms with Crippen LogP contribution in [0.4, 0.5) is 0 Å². The molecule has 0 atom stereocenters. The smallest absolute Gasteiger partial charge is 0.0346 e. The normalized spacial score (nSPS) is 16.3. The molecule has 0 fully saturated rings. The summed E-state index contributed by atoms with van der Waals surface area (Å²) in [6.07, 6.45) is 15.9. The van der Waals surface area contributed by atoms with E-state index in [2.05, 4.69) is 17.1 Å². The summed E-state index contributed by atoms with van der Waals surface area (Å²) < 4.78 is 0. The van der Waals surface area contributed by atoms with Gasteiger partial charge in [-0.15, -0.1) is 0 Å². The van der Waals surface area contributed by atoms with Crippen LogP contribution in [0, 0.1) is 0 Å². The molecule has 0 saturated heterocycles. The maximum absolute atomic E-state index is 4.06. The number of allylic oxidation sites excluding steroid dienone is 4. The van der Waals surface area contributed by atoms with Gasteiger partial charge in [-0.3, -0.25) is 4.98 Å². The van der Waals surface area contributed by atoms with Gasteiger partial charge in [-0.2, -0.15) is 0 Å². The zero-order valence-corrected chi connectivity index (χ0v) is 6.64. The first-order valence-corrected chi connectivity index (χ1v) is 3.92. The van der Waals surface area contributed by atoms with Crippen LogP contribution < -0.4 is 0 Å². The van der Waals surface area contributed by atoms with Crippen LogP contribution in [0.15, 0.2) is 42.8 Å². The molecule has 0 saturated carbocycles. The Balaban J connectivity index is 2.54. The monoisotopic (exact) mass is 155 g/mol. The molecule has 58 valence electrons. The molecule has 0 amide bonds. The molecular weight excluding hydrogens is 146 g/mol. The van der Waals surface area contributed by atoms with Crippen molar-refractivity contribution in [3.05, 3.63) is 53.9 Å². The number of nitrogens with zero attached hydrogens (tertiary/aromatic N) is 1. The first-order chi connectivity index (χ1) is 5.97. The summed E-state index contributed by atoms with van der Waals surface area (Å²) in [6.45, 7) is 0. The van der Waals surface area contributed by atoms with Crippen molar-refractivity contribution < 1.29 is 0 Å². The minimum atomic E-state index is 1.16. The van der Waals surface area contributed by atoms with Gasteiger partial charge in [0.15, 0.2) is 0 Å². The number of hydrogen-bond donors (Lipinski definition) is 0. The third-order valence-corrected chi connectivity index (χ3v) is 1.77. The number of aromatic nitrogens is 1. The van der Waals surface area contributed by atoms with Gasteiger partial charge in [0, 0.05) is 12.4 Å². The van der Waals surface area contributed by atoms with Crippen LogP contribution in [0.5, 0.6) is 0 Å². The average molecular weight is 155 g/mol. The van der Waals surface area contributed by atoms with Gasteiger partial charge in [0.05, 0.1) is 0 Å². The predicted octanol–water partition coefficient (Wildman–Crippen LogP) is 2.68. The number of fused-ring (bicyclic) bond motifs is 1. The van der Waals surface area contributed by atoms with Crippen molar-refractivity contribution >= 4 is 12.2 Å². The molecule has 1 aromatic heterocycles. The third kappa shape index (κ3) is 1.35. The second-order valence-electron chi connectivity index (χ2n) is 2.61. The summed E-state index contributed by atoms with van der Waals surface area (Å²) in [6, 6.07) is 2.01. The second-order valence-corrected chi connectivity index (χ2v) is 2.61.